The van der Waals surface area contributed by atoms with Crippen LogP contribution >= 0.6 is 11.6 Å². The van der Waals surface area contributed by atoms with Crippen molar-refractivity contribution in [2.45, 2.75) is 44.6 Å². The molecule has 1 aromatic rings. The smallest absolute Gasteiger partial charge is 0.224 e. The van der Waals surface area contributed by atoms with Gasteiger partial charge in [0.25, 0.3) is 0 Å². The van der Waals surface area contributed by atoms with Crippen LogP contribution in [0.5, 0.6) is 0 Å². The normalized spacial score (nSPS) is 17.7. The SMILES string of the molecule is Cc1nn(C)c(Cl)c1CC(=O)NCC1(O)CCCC1. The number of carbonyl (C=O) groups is 1. The summed E-state index contributed by atoms with van der Waals surface area (Å²) in [6.07, 6.45) is 3.79. The summed E-state index contributed by atoms with van der Waals surface area (Å²) >= 11 is 6.08. The second-order valence-corrected chi connectivity index (χ2v) is 5.72. The second-order valence-electron chi connectivity index (χ2n) is 5.36. The minimum atomic E-state index is -0.719. The Balaban J connectivity index is 1.91. The molecule has 2 N–H and O–H groups in total. The van der Waals surface area contributed by atoms with E-state index in [2.05, 4.69) is 10.4 Å². The summed E-state index contributed by atoms with van der Waals surface area (Å²) in [6.45, 7) is 2.15. The number of nitrogens with one attached hydrogen (secondary N) is 1. The van der Waals surface area contributed by atoms with Crippen molar-refractivity contribution in [2.24, 2.45) is 7.05 Å². The Morgan fingerprint density at radius 1 is 1.53 bits per heavy atom. The van der Waals surface area contributed by atoms with Crippen LogP contribution in [0, 0.1) is 6.92 Å². The molecule has 1 fully saturated rings. The molecule has 0 saturated heterocycles. The van der Waals surface area contributed by atoms with E-state index in [1.54, 1.807) is 11.7 Å². The summed E-state index contributed by atoms with van der Waals surface area (Å²) in [7, 11) is 1.75. The maximum Gasteiger partial charge on any atom is 0.224 e. The molecule has 1 amide bonds. The quantitative estimate of drug-likeness (QED) is 0.877. The lowest BCUT2D eigenvalue weighted by molar-refractivity contribution is -0.121. The number of carbonyl (C=O) groups excluding carboxylic acids is 1. The van der Waals surface area contributed by atoms with Crippen LogP contribution in [0.2, 0.25) is 5.15 Å². The van der Waals surface area contributed by atoms with Crippen LogP contribution in [0.3, 0.4) is 0 Å². The Kier molecular flexibility index (Phi) is 4.16. The summed E-state index contributed by atoms with van der Waals surface area (Å²) in [6, 6.07) is 0. The summed E-state index contributed by atoms with van der Waals surface area (Å²) in [5, 5.41) is 17.6. The first-order valence-electron chi connectivity index (χ1n) is 6.58. The van der Waals surface area contributed by atoms with Gasteiger partial charge in [0, 0.05) is 19.2 Å². The van der Waals surface area contributed by atoms with Crippen molar-refractivity contribution < 1.29 is 9.90 Å². The fourth-order valence-electron chi connectivity index (χ4n) is 2.57. The molecule has 0 atom stereocenters. The molecule has 1 saturated carbocycles. The minimum Gasteiger partial charge on any atom is -0.388 e. The van der Waals surface area contributed by atoms with Gasteiger partial charge in [-0.3, -0.25) is 9.48 Å². The number of rotatable bonds is 4. The summed E-state index contributed by atoms with van der Waals surface area (Å²) in [5.41, 5.74) is 0.797. The van der Waals surface area contributed by atoms with Crippen LogP contribution in [0.15, 0.2) is 0 Å². The number of amides is 1. The van der Waals surface area contributed by atoms with Crippen molar-refractivity contribution in [3.8, 4) is 0 Å². The number of aliphatic hydroxyl groups is 1. The Morgan fingerprint density at radius 2 is 2.16 bits per heavy atom. The van der Waals surface area contributed by atoms with E-state index in [0.29, 0.717) is 11.7 Å². The molecule has 0 radical (unpaired) electrons. The third-order valence-corrected chi connectivity index (χ3v) is 4.23. The van der Waals surface area contributed by atoms with E-state index in [1.807, 2.05) is 6.92 Å². The lowest BCUT2D eigenvalue weighted by Crippen LogP contribution is -2.41. The molecule has 0 bridgehead atoms. The molecular formula is C13H20ClN3O2. The van der Waals surface area contributed by atoms with E-state index >= 15 is 0 Å². The van der Waals surface area contributed by atoms with E-state index in [9.17, 15) is 9.90 Å². The number of nitrogens with zero attached hydrogens (tertiary/aromatic N) is 2. The zero-order chi connectivity index (χ0) is 14.0. The first-order chi connectivity index (χ1) is 8.91. The lowest BCUT2D eigenvalue weighted by Gasteiger charge is -2.22. The van der Waals surface area contributed by atoms with Gasteiger partial charge in [0.05, 0.1) is 17.7 Å². The number of halogens is 1. The second kappa shape index (κ2) is 5.51. The molecule has 0 unspecified atom stereocenters. The lowest BCUT2D eigenvalue weighted by atomic mass is 10.0. The van der Waals surface area contributed by atoms with Crippen molar-refractivity contribution in [2.75, 3.05) is 6.54 Å². The predicted molar refractivity (Wildman–Crippen MR) is 73.1 cm³/mol. The van der Waals surface area contributed by atoms with Crippen LogP contribution in [-0.2, 0) is 18.3 Å². The van der Waals surface area contributed by atoms with Crippen molar-refractivity contribution in [3.05, 3.63) is 16.4 Å². The van der Waals surface area contributed by atoms with E-state index in [-0.39, 0.29) is 12.3 Å². The summed E-state index contributed by atoms with van der Waals surface area (Å²) in [5.74, 6) is -0.127. The van der Waals surface area contributed by atoms with Crippen LogP contribution < -0.4 is 5.32 Å². The van der Waals surface area contributed by atoms with Gasteiger partial charge < -0.3 is 10.4 Å². The maximum atomic E-state index is 11.9. The standard InChI is InChI=1S/C13H20ClN3O2/c1-9-10(12(14)17(2)16-9)7-11(18)15-8-13(19)5-3-4-6-13/h19H,3-8H2,1-2H3,(H,15,18). The van der Waals surface area contributed by atoms with Crippen molar-refractivity contribution in [1.29, 1.82) is 0 Å². The van der Waals surface area contributed by atoms with Crippen LogP contribution in [0.4, 0.5) is 0 Å². The topological polar surface area (TPSA) is 67.2 Å². The number of aromatic nitrogens is 2. The van der Waals surface area contributed by atoms with Gasteiger partial charge in [0.1, 0.15) is 5.15 Å². The maximum absolute atomic E-state index is 11.9. The Hall–Kier alpha value is -1.07. The highest BCUT2D eigenvalue weighted by atomic mass is 35.5. The van der Waals surface area contributed by atoms with E-state index in [0.717, 1.165) is 36.9 Å². The van der Waals surface area contributed by atoms with E-state index in [4.69, 9.17) is 11.6 Å². The van der Waals surface area contributed by atoms with Gasteiger partial charge in [-0.15, -0.1) is 0 Å². The molecule has 106 valence electrons. The molecule has 0 spiro atoms. The molecule has 5 nitrogen and oxygen atoms in total. The predicted octanol–water partition coefficient (Wildman–Crippen LogP) is 1.35. The highest BCUT2D eigenvalue weighted by Gasteiger charge is 2.31. The largest absolute Gasteiger partial charge is 0.388 e. The average molecular weight is 286 g/mol. The van der Waals surface area contributed by atoms with Crippen molar-refractivity contribution in [1.82, 2.24) is 15.1 Å². The zero-order valence-corrected chi connectivity index (χ0v) is 12.1. The summed E-state index contributed by atoms with van der Waals surface area (Å²) < 4.78 is 1.56. The van der Waals surface area contributed by atoms with Crippen LogP contribution in [-0.4, -0.2) is 32.9 Å². The van der Waals surface area contributed by atoms with Gasteiger partial charge in [-0.2, -0.15) is 5.10 Å². The first kappa shape index (κ1) is 14.3. The van der Waals surface area contributed by atoms with Gasteiger partial charge in [0.2, 0.25) is 5.91 Å². The van der Waals surface area contributed by atoms with Gasteiger partial charge in [-0.05, 0) is 19.8 Å². The van der Waals surface area contributed by atoms with E-state index < -0.39 is 5.60 Å². The molecule has 0 aliphatic heterocycles. The minimum absolute atomic E-state index is 0.127. The first-order valence-corrected chi connectivity index (χ1v) is 6.96. The van der Waals surface area contributed by atoms with E-state index in [1.165, 1.54) is 0 Å². The highest BCUT2D eigenvalue weighted by molar-refractivity contribution is 6.30. The van der Waals surface area contributed by atoms with Crippen LogP contribution in [0.25, 0.3) is 0 Å². The highest BCUT2D eigenvalue weighted by Crippen LogP contribution is 2.28. The summed E-state index contributed by atoms with van der Waals surface area (Å²) in [4.78, 5) is 11.9. The van der Waals surface area contributed by atoms with Gasteiger partial charge >= 0.3 is 0 Å². The van der Waals surface area contributed by atoms with Crippen molar-refractivity contribution in [3.63, 3.8) is 0 Å². The molecule has 1 aliphatic rings. The third-order valence-electron chi connectivity index (χ3n) is 3.76. The molecular weight excluding hydrogens is 266 g/mol. The monoisotopic (exact) mass is 285 g/mol. The Bertz CT molecular complexity index is 478. The van der Waals surface area contributed by atoms with Gasteiger partial charge in [-0.25, -0.2) is 0 Å². The third kappa shape index (κ3) is 3.28. The molecule has 1 aliphatic carbocycles. The molecule has 2 rings (SSSR count). The van der Waals surface area contributed by atoms with Gasteiger partial charge in [0.15, 0.2) is 0 Å². The molecule has 6 heteroatoms. The molecule has 1 heterocycles. The zero-order valence-electron chi connectivity index (χ0n) is 11.4. The number of hydrogen-bond acceptors (Lipinski definition) is 3. The number of hydrogen-bond donors (Lipinski definition) is 2. The average Bonchev–Trinajstić information content (AvgIpc) is 2.88. The fourth-order valence-corrected chi connectivity index (χ4v) is 2.81. The Labute approximate surface area is 117 Å². The fraction of sp³-hybridized carbons (Fsp3) is 0.692. The molecule has 0 aromatic carbocycles. The number of aryl methyl sites for hydroxylation is 2. The Morgan fingerprint density at radius 3 is 2.68 bits per heavy atom. The van der Waals surface area contributed by atoms with Crippen molar-refractivity contribution >= 4 is 17.5 Å². The van der Waals surface area contributed by atoms with Crippen LogP contribution in [0.1, 0.15) is 36.9 Å². The molecule has 1 aromatic heterocycles. The molecule has 19 heavy (non-hydrogen) atoms. The van der Waals surface area contributed by atoms with Gasteiger partial charge in [-0.1, -0.05) is 24.4 Å².